The number of fused-ring (bicyclic) bond motifs is 1. The molecule has 8 heavy (non-hydrogen) atoms. The maximum atomic E-state index is 8.97. The van der Waals surface area contributed by atoms with Gasteiger partial charge in [0, 0.05) is 6.42 Å². The lowest BCUT2D eigenvalue weighted by molar-refractivity contribution is 0.370. The molecule has 0 spiro atoms. The zero-order valence-corrected chi connectivity index (χ0v) is 4.55. The van der Waals surface area contributed by atoms with Crippen molar-refractivity contribution in [1.82, 2.24) is 0 Å². The third-order valence-electron chi connectivity index (χ3n) is 1.67. The zero-order valence-electron chi connectivity index (χ0n) is 4.55. The minimum absolute atomic E-state index is 0.309. The highest BCUT2D eigenvalue weighted by Crippen LogP contribution is 2.39. The van der Waals surface area contributed by atoms with Crippen molar-refractivity contribution < 1.29 is 9.84 Å². The van der Waals surface area contributed by atoms with E-state index in [1.165, 1.54) is 0 Å². The van der Waals surface area contributed by atoms with Gasteiger partial charge in [-0.2, -0.15) is 0 Å². The number of hydrogen-bond donors (Lipinski definition) is 1. The van der Waals surface area contributed by atoms with E-state index in [4.69, 9.17) is 9.84 Å². The molecule has 1 atom stereocenters. The number of aliphatic hydroxyl groups is 1. The van der Waals surface area contributed by atoms with Crippen molar-refractivity contribution in [3.8, 4) is 0 Å². The third-order valence-corrected chi connectivity index (χ3v) is 1.67. The SMILES string of the molecule is OC1=C2OC2CCC1. The van der Waals surface area contributed by atoms with Gasteiger partial charge in [0.15, 0.2) is 11.9 Å². The molecular formula is C6H8O2. The second kappa shape index (κ2) is 1.19. The maximum Gasteiger partial charge on any atom is 0.175 e. The third kappa shape index (κ3) is 0.427. The van der Waals surface area contributed by atoms with E-state index in [-0.39, 0.29) is 0 Å². The highest BCUT2D eigenvalue weighted by Gasteiger charge is 2.38. The quantitative estimate of drug-likeness (QED) is 0.479. The van der Waals surface area contributed by atoms with Crippen LogP contribution in [0.15, 0.2) is 11.5 Å². The molecule has 0 saturated carbocycles. The second-order valence-electron chi connectivity index (χ2n) is 2.31. The molecule has 1 aliphatic heterocycles. The molecule has 1 unspecified atom stereocenters. The average molecular weight is 112 g/mol. The molecule has 2 heteroatoms. The van der Waals surface area contributed by atoms with Crippen LogP contribution in [0.25, 0.3) is 0 Å². The van der Waals surface area contributed by atoms with Gasteiger partial charge in [-0.3, -0.25) is 0 Å². The van der Waals surface area contributed by atoms with Gasteiger partial charge in [0.05, 0.1) is 0 Å². The van der Waals surface area contributed by atoms with Crippen molar-refractivity contribution in [2.75, 3.05) is 0 Å². The summed E-state index contributed by atoms with van der Waals surface area (Å²) in [6, 6.07) is 0. The fraction of sp³-hybridized carbons (Fsp3) is 0.667. The van der Waals surface area contributed by atoms with Crippen molar-refractivity contribution in [2.24, 2.45) is 0 Å². The molecule has 0 aromatic carbocycles. The van der Waals surface area contributed by atoms with E-state index in [1.807, 2.05) is 0 Å². The van der Waals surface area contributed by atoms with Crippen molar-refractivity contribution in [3.05, 3.63) is 11.5 Å². The summed E-state index contributed by atoms with van der Waals surface area (Å²) in [5, 5.41) is 8.97. The normalized spacial score (nSPS) is 33.8. The van der Waals surface area contributed by atoms with E-state index < -0.39 is 0 Å². The fourth-order valence-corrected chi connectivity index (χ4v) is 1.14. The highest BCUT2D eigenvalue weighted by molar-refractivity contribution is 5.20. The Labute approximate surface area is 47.8 Å². The van der Waals surface area contributed by atoms with Gasteiger partial charge in [0.2, 0.25) is 0 Å². The summed E-state index contributed by atoms with van der Waals surface area (Å²) >= 11 is 0. The van der Waals surface area contributed by atoms with Crippen molar-refractivity contribution >= 4 is 0 Å². The summed E-state index contributed by atoms with van der Waals surface area (Å²) in [6.07, 6.45) is 3.33. The molecule has 0 bridgehead atoms. The number of allylic oxidation sites excluding steroid dienone is 1. The van der Waals surface area contributed by atoms with Crippen LogP contribution in [0.3, 0.4) is 0 Å². The van der Waals surface area contributed by atoms with E-state index in [2.05, 4.69) is 0 Å². The molecule has 1 heterocycles. The van der Waals surface area contributed by atoms with Crippen LogP contribution in [0.1, 0.15) is 19.3 Å². The Bertz CT molecular complexity index is 149. The first-order valence-electron chi connectivity index (χ1n) is 2.96. The van der Waals surface area contributed by atoms with Crippen LogP contribution in [-0.2, 0) is 4.74 Å². The maximum absolute atomic E-state index is 8.97. The minimum atomic E-state index is 0.309. The second-order valence-corrected chi connectivity index (χ2v) is 2.31. The van der Waals surface area contributed by atoms with Crippen molar-refractivity contribution in [2.45, 2.75) is 25.4 Å². The molecule has 0 aromatic rings. The number of epoxide rings is 1. The summed E-state index contributed by atoms with van der Waals surface area (Å²) in [7, 11) is 0. The van der Waals surface area contributed by atoms with Crippen molar-refractivity contribution in [1.29, 1.82) is 0 Å². The Morgan fingerprint density at radius 1 is 1.62 bits per heavy atom. The van der Waals surface area contributed by atoms with Gasteiger partial charge in [-0.15, -0.1) is 0 Å². The molecule has 0 aromatic heterocycles. The molecule has 0 radical (unpaired) electrons. The predicted molar refractivity (Wildman–Crippen MR) is 28.4 cm³/mol. The van der Waals surface area contributed by atoms with Crippen LogP contribution in [0.2, 0.25) is 0 Å². The lowest BCUT2D eigenvalue weighted by Gasteiger charge is -1.98. The zero-order chi connectivity index (χ0) is 5.56. The number of aliphatic hydroxyl groups excluding tert-OH is 1. The van der Waals surface area contributed by atoms with Crippen LogP contribution in [0.4, 0.5) is 0 Å². The van der Waals surface area contributed by atoms with Gasteiger partial charge >= 0.3 is 0 Å². The predicted octanol–water partition coefficient (Wildman–Crippen LogP) is 1.34. The monoisotopic (exact) mass is 112 g/mol. The summed E-state index contributed by atoms with van der Waals surface area (Å²) in [6.45, 7) is 0. The number of hydrogen-bond acceptors (Lipinski definition) is 2. The van der Waals surface area contributed by atoms with E-state index in [0.717, 1.165) is 25.0 Å². The summed E-state index contributed by atoms with van der Waals surface area (Å²) < 4.78 is 5.02. The standard InChI is InChI=1S/C6H8O2/c7-4-2-1-3-5-6(4)8-5/h5,7H,1-3H2. The smallest absolute Gasteiger partial charge is 0.175 e. The van der Waals surface area contributed by atoms with Gasteiger partial charge in [-0.25, -0.2) is 0 Å². The Morgan fingerprint density at radius 3 is 3.12 bits per heavy atom. The molecule has 1 N–H and O–H groups in total. The Hall–Kier alpha value is -0.660. The Balaban J connectivity index is 2.25. The van der Waals surface area contributed by atoms with Crippen molar-refractivity contribution in [3.63, 3.8) is 0 Å². The van der Waals surface area contributed by atoms with Crippen LogP contribution in [-0.4, -0.2) is 11.2 Å². The van der Waals surface area contributed by atoms with Crippen LogP contribution >= 0.6 is 0 Å². The topological polar surface area (TPSA) is 32.8 Å². The molecule has 0 amide bonds. The van der Waals surface area contributed by atoms with E-state index in [0.29, 0.717) is 11.9 Å². The molecule has 44 valence electrons. The highest BCUT2D eigenvalue weighted by atomic mass is 16.6. The minimum Gasteiger partial charge on any atom is -0.509 e. The van der Waals surface area contributed by atoms with Crippen LogP contribution in [0.5, 0.6) is 0 Å². The molecule has 2 nitrogen and oxygen atoms in total. The largest absolute Gasteiger partial charge is 0.509 e. The van der Waals surface area contributed by atoms with Gasteiger partial charge in [0.25, 0.3) is 0 Å². The van der Waals surface area contributed by atoms with E-state index in [1.54, 1.807) is 0 Å². The summed E-state index contributed by atoms with van der Waals surface area (Å²) in [5.74, 6) is 1.34. The Kier molecular flexibility index (Phi) is 0.629. The molecule has 2 aliphatic rings. The summed E-state index contributed by atoms with van der Waals surface area (Å²) in [5.41, 5.74) is 0. The van der Waals surface area contributed by atoms with E-state index in [9.17, 15) is 0 Å². The van der Waals surface area contributed by atoms with Gasteiger partial charge in [-0.05, 0) is 12.8 Å². The first kappa shape index (κ1) is 4.24. The van der Waals surface area contributed by atoms with Gasteiger partial charge in [-0.1, -0.05) is 0 Å². The van der Waals surface area contributed by atoms with Gasteiger partial charge in [0.1, 0.15) is 5.76 Å². The first-order valence-corrected chi connectivity index (χ1v) is 2.96. The fourth-order valence-electron chi connectivity index (χ4n) is 1.14. The average Bonchev–Trinajstić information content (AvgIpc) is 2.45. The molecular weight excluding hydrogens is 104 g/mol. The van der Waals surface area contributed by atoms with E-state index >= 15 is 0 Å². The van der Waals surface area contributed by atoms with Gasteiger partial charge < -0.3 is 9.84 Å². The molecule has 2 rings (SSSR count). The summed E-state index contributed by atoms with van der Waals surface area (Å²) in [4.78, 5) is 0. The first-order chi connectivity index (χ1) is 3.88. The van der Waals surface area contributed by atoms with Crippen LogP contribution < -0.4 is 0 Å². The number of ether oxygens (including phenoxy) is 1. The molecule has 1 saturated heterocycles. The lowest BCUT2D eigenvalue weighted by atomic mass is 10.1. The van der Waals surface area contributed by atoms with Crippen LogP contribution in [0, 0.1) is 0 Å². The lowest BCUT2D eigenvalue weighted by Crippen LogP contribution is -1.93. The Morgan fingerprint density at radius 2 is 2.50 bits per heavy atom. The number of rotatable bonds is 0. The molecule has 1 fully saturated rings. The molecule has 1 aliphatic carbocycles.